The molecule has 5 heteroatoms. The minimum absolute atomic E-state index is 0.142. The fraction of sp³-hybridized carbons (Fsp3) is 0.125. The summed E-state index contributed by atoms with van der Waals surface area (Å²) in [4.78, 5) is 16.9. The van der Waals surface area contributed by atoms with Gasteiger partial charge in [0.05, 0.1) is 5.56 Å². The van der Waals surface area contributed by atoms with Crippen molar-refractivity contribution in [3.63, 3.8) is 0 Å². The first-order valence-electron chi connectivity index (χ1n) is 6.57. The van der Waals surface area contributed by atoms with Crippen LogP contribution in [0.1, 0.15) is 21.7 Å². The van der Waals surface area contributed by atoms with Crippen molar-refractivity contribution in [2.45, 2.75) is 13.8 Å². The molecule has 0 aliphatic rings. The third-order valence-corrected chi connectivity index (χ3v) is 4.01. The predicted octanol–water partition coefficient (Wildman–Crippen LogP) is 3.81. The molecule has 0 bridgehead atoms. The Balaban J connectivity index is 1.96. The lowest BCUT2D eigenvalue weighted by Crippen LogP contribution is -2.12. The first-order valence-corrected chi connectivity index (χ1v) is 7.65. The summed E-state index contributed by atoms with van der Waals surface area (Å²) in [5.74, 6) is -0.142. The highest BCUT2D eigenvalue weighted by atomic mass is 127. The van der Waals surface area contributed by atoms with E-state index in [9.17, 15) is 4.79 Å². The molecule has 3 rings (SSSR count). The molecule has 1 aromatic carbocycles. The Labute approximate surface area is 136 Å². The van der Waals surface area contributed by atoms with Crippen LogP contribution < -0.4 is 5.32 Å². The van der Waals surface area contributed by atoms with Crippen LogP contribution in [0, 0.1) is 17.4 Å². The average molecular weight is 391 g/mol. The van der Waals surface area contributed by atoms with Crippen LogP contribution in [-0.2, 0) is 0 Å². The highest BCUT2D eigenvalue weighted by molar-refractivity contribution is 14.1. The number of benzene rings is 1. The molecule has 1 amide bonds. The molecule has 2 heterocycles. The van der Waals surface area contributed by atoms with Crippen LogP contribution >= 0.6 is 22.6 Å². The van der Waals surface area contributed by atoms with Gasteiger partial charge in [0.2, 0.25) is 0 Å². The molecule has 0 saturated carbocycles. The number of fused-ring (bicyclic) bond motifs is 1. The zero-order valence-electron chi connectivity index (χ0n) is 11.7. The fourth-order valence-electron chi connectivity index (χ4n) is 2.30. The van der Waals surface area contributed by atoms with E-state index in [2.05, 4.69) is 32.9 Å². The SMILES string of the molecule is Cc1cc(C)n2ccc(C(=O)Nc3ccc(I)cc3)c2n1. The van der Waals surface area contributed by atoms with Gasteiger partial charge in [-0.1, -0.05) is 0 Å². The van der Waals surface area contributed by atoms with Crippen molar-refractivity contribution in [2.75, 3.05) is 5.32 Å². The van der Waals surface area contributed by atoms with Crippen LogP contribution in [0.2, 0.25) is 0 Å². The van der Waals surface area contributed by atoms with Crippen LogP contribution in [0.4, 0.5) is 5.69 Å². The molecule has 2 aromatic heterocycles. The van der Waals surface area contributed by atoms with Gasteiger partial charge in [0, 0.05) is 26.8 Å². The lowest BCUT2D eigenvalue weighted by Gasteiger charge is -2.06. The van der Waals surface area contributed by atoms with Gasteiger partial charge in [-0.25, -0.2) is 4.98 Å². The summed E-state index contributed by atoms with van der Waals surface area (Å²) in [5, 5.41) is 2.91. The fourth-order valence-corrected chi connectivity index (χ4v) is 2.66. The molecule has 3 aromatic rings. The number of anilines is 1. The molecular weight excluding hydrogens is 377 g/mol. The van der Waals surface area contributed by atoms with E-state index in [1.165, 1.54) is 0 Å². The third kappa shape index (κ3) is 2.78. The van der Waals surface area contributed by atoms with Crippen LogP contribution in [0.25, 0.3) is 5.65 Å². The van der Waals surface area contributed by atoms with Crippen molar-refractivity contribution in [2.24, 2.45) is 0 Å². The van der Waals surface area contributed by atoms with Crippen molar-refractivity contribution in [1.29, 1.82) is 0 Å². The largest absolute Gasteiger partial charge is 0.322 e. The molecule has 0 spiro atoms. The van der Waals surface area contributed by atoms with E-state index in [0.717, 1.165) is 20.6 Å². The standard InChI is InChI=1S/C16H14IN3O/c1-10-9-11(2)20-8-7-14(15(20)18-10)16(21)19-13-5-3-12(17)4-6-13/h3-9H,1-2H3,(H,19,21). The van der Waals surface area contributed by atoms with E-state index in [-0.39, 0.29) is 5.91 Å². The molecule has 1 N–H and O–H groups in total. The van der Waals surface area contributed by atoms with Gasteiger partial charge in [-0.3, -0.25) is 4.79 Å². The lowest BCUT2D eigenvalue weighted by atomic mass is 10.2. The smallest absolute Gasteiger partial charge is 0.259 e. The van der Waals surface area contributed by atoms with Gasteiger partial charge in [0.15, 0.2) is 0 Å². The van der Waals surface area contributed by atoms with Crippen molar-refractivity contribution >= 4 is 39.8 Å². The Hall–Kier alpha value is -1.89. The van der Waals surface area contributed by atoms with Crippen molar-refractivity contribution < 1.29 is 4.79 Å². The Kier molecular flexibility index (Phi) is 3.67. The Bertz CT molecular complexity index is 821. The van der Waals surface area contributed by atoms with E-state index < -0.39 is 0 Å². The van der Waals surface area contributed by atoms with E-state index >= 15 is 0 Å². The lowest BCUT2D eigenvalue weighted by molar-refractivity contribution is 0.102. The zero-order valence-corrected chi connectivity index (χ0v) is 13.9. The Morgan fingerprint density at radius 1 is 1.19 bits per heavy atom. The number of aryl methyl sites for hydroxylation is 2. The molecule has 0 unspecified atom stereocenters. The number of aromatic nitrogens is 2. The first-order chi connectivity index (χ1) is 10.0. The molecule has 106 valence electrons. The maximum absolute atomic E-state index is 12.4. The first kappa shape index (κ1) is 14.1. The van der Waals surface area contributed by atoms with E-state index in [1.807, 2.05) is 54.8 Å². The minimum atomic E-state index is -0.142. The number of carbonyl (C=O) groups is 1. The third-order valence-electron chi connectivity index (χ3n) is 3.29. The highest BCUT2D eigenvalue weighted by Gasteiger charge is 2.14. The summed E-state index contributed by atoms with van der Waals surface area (Å²) in [6.07, 6.45) is 1.87. The van der Waals surface area contributed by atoms with E-state index in [1.54, 1.807) is 6.07 Å². The molecule has 0 saturated heterocycles. The number of rotatable bonds is 2. The monoisotopic (exact) mass is 391 g/mol. The Morgan fingerprint density at radius 3 is 2.62 bits per heavy atom. The molecule has 0 radical (unpaired) electrons. The second-order valence-electron chi connectivity index (χ2n) is 4.92. The molecule has 0 aliphatic heterocycles. The molecule has 0 fully saturated rings. The van der Waals surface area contributed by atoms with Crippen molar-refractivity contribution in [1.82, 2.24) is 9.38 Å². The summed E-state index contributed by atoms with van der Waals surface area (Å²) < 4.78 is 3.06. The second-order valence-corrected chi connectivity index (χ2v) is 6.17. The summed E-state index contributed by atoms with van der Waals surface area (Å²) in [7, 11) is 0. The van der Waals surface area contributed by atoms with Crippen molar-refractivity contribution in [3.05, 3.63) is 63.1 Å². The number of carbonyl (C=O) groups excluding carboxylic acids is 1. The summed E-state index contributed by atoms with van der Waals surface area (Å²) in [5.41, 5.74) is 4.02. The number of halogens is 1. The molecule has 4 nitrogen and oxygen atoms in total. The van der Waals surface area contributed by atoms with Crippen LogP contribution in [-0.4, -0.2) is 15.3 Å². The van der Waals surface area contributed by atoms with Gasteiger partial charge in [-0.15, -0.1) is 0 Å². The quantitative estimate of drug-likeness (QED) is 0.676. The molecule has 0 aliphatic carbocycles. The van der Waals surface area contributed by atoms with E-state index in [0.29, 0.717) is 11.2 Å². The van der Waals surface area contributed by atoms with E-state index in [4.69, 9.17) is 0 Å². The topological polar surface area (TPSA) is 46.4 Å². The number of hydrogen-bond acceptors (Lipinski definition) is 2. The highest BCUT2D eigenvalue weighted by Crippen LogP contribution is 2.17. The average Bonchev–Trinajstić information content (AvgIpc) is 2.85. The number of amides is 1. The van der Waals surface area contributed by atoms with Gasteiger partial charge in [0.25, 0.3) is 5.91 Å². The van der Waals surface area contributed by atoms with Gasteiger partial charge >= 0.3 is 0 Å². The summed E-state index contributed by atoms with van der Waals surface area (Å²) in [6, 6.07) is 11.5. The van der Waals surface area contributed by atoms with Gasteiger partial charge in [-0.2, -0.15) is 0 Å². The minimum Gasteiger partial charge on any atom is -0.322 e. The van der Waals surface area contributed by atoms with Gasteiger partial charge in [0.1, 0.15) is 5.65 Å². The molecule has 21 heavy (non-hydrogen) atoms. The normalized spacial score (nSPS) is 10.8. The number of nitrogens with one attached hydrogen (secondary N) is 1. The van der Waals surface area contributed by atoms with Crippen LogP contribution in [0.3, 0.4) is 0 Å². The summed E-state index contributed by atoms with van der Waals surface area (Å²) in [6.45, 7) is 3.93. The summed E-state index contributed by atoms with van der Waals surface area (Å²) >= 11 is 2.23. The number of hydrogen-bond donors (Lipinski definition) is 1. The zero-order chi connectivity index (χ0) is 15.0. The predicted molar refractivity (Wildman–Crippen MR) is 91.8 cm³/mol. The van der Waals surface area contributed by atoms with Crippen molar-refractivity contribution in [3.8, 4) is 0 Å². The second kappa shape index (κ2) is 5.48. The number of nitrogens with zero attached hydrogens (tertiary/aromatic N) is 2. The van der Waals surface area contributed by atoms with Gasteiger partial charge < -0.3 is 9.72 Å². The maximum atomic E-state index is 12.4. The molecular formula is C16H14IN3O. The van der Waals surface area contributed by atoms with Crippen LogP contribution in [0.15, 0.2) is 42.6 Å². The van der Waals surface area contributed by atoms with Crippen LogP contribution in [0.5, 0.6) is 0 Å². The van der Waals surface area contributed by atoms with Gasteiger partial charge in [-0.05, 0) is 72.8 Å². The Morgan fingerprint density at radius 2 is 1.90 bits per heavy atom. The molecule has 0 atom stereocenters. The maximum Gasteiger partial charge on any atom is 0.259 e.